The maximum absolute atomic E-state index is 14.4. The van der Waals surface area contributed by atoms with Crippen molar-refractivity contribution in [3.63, 3.8) is 0 Å². The Balaban J connectivity index is 1.82. The van der Waals surface area contributed by atoms with Gasteiger partial charge in [-0.3, -0.25) is 4.79 Å². The van der Waals surface area contributed by atoms with Crippen LogP contribution >= 0.6 is 0 Å². The zero-order chi connectivity index (χ0) is 23.0. The van der Waals surface area contributed by atoms with Gasteiger partial charge in [-0.25, -0.2) is 29.3 Å². The van der Waals surface area contributed by atoms with E-state index in [1.165, 1.54) is 25.1 Å². The minimum Gasteiger partial charge on any atom is -0.338 e. The van der Waals surface area contributed by atoms with E-state index in [9.17, 15) is 22.4 Å². The van der Waals surface area contributed by atoms with Crippen molar-refractivity contribution in [3.05, 3.63) is 47.8 Å². The van der Waals surface area contributed by atoms with Gasteiger partial charge < -0.3 is 15.6 Å². The van der Waals surface area contributed by atoms with Crippen molar-refractivity contribution in [3.8, 4) is 11.5 Å². The average Bonchev–Trinajstić information content (AvgIpc) is 3.10. The van der Waals surface area contributed by atoms with Gasteiger partial charge >= 0.3 is 6.18 Å². The van der Waals surface area contributed by atoms with Crippen molar-refractivity contribution < 1.29 is 22.4 Å². The van der Waals surface area contributed by atoms with Gasteiger partial charge in [-0.15, -0.1) is 0 Å². The molecule has 164 valence electrons. The topological polar surface area (TPSA) is 121 Å². The highest BCUT2D eigenvalue weighted by atomic mass is 19.4. The predicted octanol–water partition coefficient (Wildman–Crippen LogP) is 3.98. The number of nitrogens with zero attached hydrogens (tertiary/aromatic N) is 5. The Bertz CT molecular complexity index is 1330. The third-order valence-corrected chi connectivity index (χ3v) is 4.15. The summed E-state index contributed by atoms with van der Waals surface area (Å²) in [5.41, 5.74) is -0.883. The van der Waals surface area contributed by atoms with Crippen LogP contribution in [0, 0.1) is 12.7 Å². The molecule has 4 aromatic rings. The van der Waals surface area contributed by atoms with E-state index in [0.29, 0.717) is 11.3 Å². The van der Waals surface area contributed by atoms with Gasteiger partial charge in [-0.2, -0.15) is 13.2 Å². The van der Waals surface area contributed by atoms with Crippen LogP contribution in [-0.4, -0.2) is 35.8 Å². The molecule has 0 aliphatic carbocycles. The molecule has 4 aromatic heterocycles. The molecule has 4 rings (SSSR count). The van der Waals surface area contributed by atoms with Crippen LogP contribution in [0.1, 0.15) is 18.4 Å². The molecule has 0 bridgehead atoms. The minimum atomic E-state index is -4.65. The summed E-state index contributed by atoms with van der Waals surface area (Å²) in [4.78, 5) is 34.2. The Kier molecular flexibility index (Phi) is 5.16. The van der Waals surface area contributed by atoms with E-state index in [0.717, 1.165) is 12.3 Å². The molecule has 0 fully saturated rings. The number of H-pyrrole nitrogens is 1. The van der Waals surface area contributed by atoms with Gasteiger partial charge in [0.25, 0.3) is 0 Å². The summed E-state index contributed by atoms with van der Waals surface area (Å²) in [7, 11) is 0. The molecule has 0 atom stereocenters. The molecule has 0 spiro atoms. The van der Waals surface area contributed by atoms with Gasteiger partial charge in [0, 0.05) is 13.0 Å². The highest BCUT2D eigenvalue weighted by molar-refractivity contribution is 5.89. The molecule has 4 heterocycles. The van der Waals surface area contributed by atoms with Crippen molar-refractivity contribution in [2.75, 3.05) is 10.6 Å². The number of alkyl halides is 3. The van der Waals surface area contributed by atoms with Crippen LogP contribution < -0.4 is 10.6 Å². The summed E-state index contributed by atoms with van der Waals surface area (Å²) >= 11 is 0. The maximum Gasteiger partial charge on any atom is 0.433 e. The zero-order valence-corrected chi connectivity index (χ0v) is 16.5. The molecule has 0 aromatic carbocycles. The van der Waals surface area contributed by atoms with E-state index in [2.05, 4.69) is 40.5 Å². The number of carbonyl (C=O) groups is 1. The SMILES string of the molecule is CC(=O)Nc1cc(Nc2nc(-c3cccc(C(F)(F)F)n3)nc3nc(C)[nH]c23)c(F)cn1. The zero-order valence-electron chi connectivity index (χ0n) is 16.5. The number of anilines is 3. The Labute approximate surface area is 177 Å². The second-order valence-corrected chi connectivity index (χ2v) is 6.68. The molecule has 1 amide bonds. The lowest BCUT2D eigenvalue weighted by Gasteiger charge is -2.11. The summed E-state index contributed by atoms with van der Waals surface area (Å²) in [6.07, 6.45) is -3.75. The number of pyridine rings is 2. The number of hydrogen-bond donors (Lipinski definition) is 3. The van der Waals surface area contributed by atoms with Crippen LogP contribution in [0.4, 0.5) is 34.9 Å². The average molecular weight is 446 g/mol. The first-order valence-electron chi connectivity index (χ1n) is 9.09. The largest absolute Gasteiger partial charge is 0.433 e. The first kappa shape index (κ1) is 21.1. The number of halogens is 4. The summed E-state index contributed by atoms with van der Waals surface area (Å²) in [5.74, 6) is -0.701. The summed E-state index contributed by atoms with van der Waals surface area (Å²) in [6, 6.07) is 4.58. The van der Waals surface area contributed by atoms with E-state index in [4.69, 9.17) is 0 Å². The number of nitrogens with one attached hydrogen (secondary N) is 3. The Morgan fingerprint density at radius 2 is 1.91 bits per heavy atom. The van der Waals surface area contributed by atoms with Gasteiger partial charge in [0.15, 0.2) is 23.1 Å². The minimum absolute atomic E-state index is 0.0451. The van der Waals surface area contributed by atoms with Crippen molar-refractivity contribution in [1.29, 1.82) is 0 Å². The van der Waals surface area contributed by atoms with E-state index in [1.807, 2.05) is 0 Å². The third kappa shape index (κ3) is 4.31. The number of imidazole rings is 1. The first-order chi connectivity index (χ1) is 15.1. The van der Waals surface area contributed by atoms with Crippen LogP contribution in [0.3, 0.4) is 0 Å². The summed E-state index contributed by atoms with van der Waals surface area (Å²) in [5, 5.41) is 5.19. The van der Waals surface area contributed by atoms with Crippen molar-refractivity contribution in [2.45, 2.75) is 20.0 Å². The van der Waals surface area contributed by atoms with E-state index in [1.54, 1.807) is 6.92 Å². The third-order valence-electron chi connectivity index (χ3n) is 4.15. The summed E-state index contributed by atoms with van der Waals surface area (Å²) in [6.45, 7) is 2.92. The second kappa shape index (κ2) is 7.83. The molecule has 0 unspecified atom stereocenters. The van der Waals surface area contributed by atoms with E-state index in [-0.39, 0.29) is 34.5 Å². The lowest BCUT2D eigenvalue weighted by Crippen LogP contribution is -2.09. The monoisotopic (exact) mass is 446 g/mol. The fraction of sp³-hybridized carbons (Fsp3) is 0.158. The van der Waals surface area contributed by atoms with E-state index >= 15 is 0 Å². The maximum atomic E-state index is 14.4. The quantitative estimate of drug-likeness (QED) is 0.406. The molecule has 0 aliphatic heterocycles. The number of hydrogen-bond acceptors (Lipinski definition) is 7. The molecule has 0 saturated carbocycles. The van der Waals surface area contributed by atoms with Crippen LogP contribution in [-0.2, 0) is 11.0 Å². The lowest BCUT2D eigenvalue weighted by atomic mass is 10.2. The Morgan fingerprint density at radius 1 is 1.12 bits per heavy atom. The smallest absolute Gasteiger partial charge is 0.338 e. The first-order valence-corrected chi connectivity index (χ1v) is 9.09. The van der Waals surface area contributed by atoms with Gasteiger partial charge in [0.05, 0.1) is 11.9 Å². The second-order valence-electron chi connectivity index (χ2n) is 6.68. The lowest BCUT2D eigenvalue weighted by molar-refractivity contribution is -0.141. The van der Waals surface area contributed by atoms with E-state index < -0.39 is 23.6 Å². The van der Waals surface area contributed by atoms with Gasteiger partial charge in [0.2, 0.25) is 5.91 Å². The van der Waals surface area contributed by atoms with Crippen LogP contribution in [0.5, 0.6) is 0 Å². The van der Waals surface area contributed by atoms with Crippen molar-refractivity contribution >= 4 is 34.4 Å². The molecule has 3 N–H and O–H groups in total. The predicted molar refractivity (Wildman–Crippen MR) is 106 cm³/mol. The number of aromatic amines is 1. The molecular formula is C19H14F4N8O. The molecule has 13 heteroatoms. The molecule has 0 aliphatic rings. The Hall–Kier alpha value is -4.16. The highest BCUT2D eigenvalue weighted by Gasteiger charge is 2.32. The molecule has 32 heavy (non-hydrogen) atoms. The molecule has 0 saturated heterocycles. The number of fused-ring (bicyclic) bond motifs is 1. The normalized spacial score (nSPS) is 11.6. The number of amides is 1. The number of aryl methyl sites for hydroxylation is 1. The molecular weight excluding hydrogens is 432 g/mol. The fourth-order valence-electron chi connectivity index (χ4n) is 2.85. The van der Waals surface area contributed by atoms with Crippen molar-refractivity contribution in [2.24, 2.45) is 0 Å². The number of rotatable bonds is 4. The number of aromatic nitrogens is 6. The van der Waals surface area contributed by atoms with Gasteiger partial charge in [-0.05, 0) is 19.1 Å². The molecule has 0 radical (unpaired) electrons. The summed E-state index contributed by atoms with van der Waals surface area (Å²) < 4.78 is 53.6. The number of carbonyl (C=O) groups excluding carboxylic acids is 1. The fourth-order valence-corrected chi connectivity index (χ4v) is 2.85. The Morgan fingerprint density at radius 3 is 2.62 bits per heavy atom. The van der Waals surface area contributed by atoms with Crippen LogP contribution in [0.15, 0.2) is 30.5 Å². The van der Waals surface area contributed by atoms with Crippen LogP contribution in [0.25, 0.3) is 22.7 Å². The van der Waals surface area contributed by atoms with Gasteiger partial charge in [0.1, 0.15) is 28.5 Å². The van der Waals surface area contributed by atoms with Gasteiger partial charge in [-0.1, -0.05) is 6.07 Å². The van der Waals surface area contributed by atoms with Crippen molar-refractivity contribution in [1.82, 2.24) is 29.9 Å². The van der Waals surface area contributed by atoms with Crippen LogP contribution in [0.2, 0.25) is 0 Å². The highest BCUT2D eigenvalue weighted by Crippen LogP contribution is 2.31. The molecule has 9 nitrogen and oxygen atoms in total. The standard InChI is InChI=1S/C19H14F4N8O/c1-8-25-15-17(26-8)30-16(11-4-3-5-13(28-11)19(21,22)23)31-18(15)29-12-6-14(27-9(2)32)24-7-10(12)20/h3-7H,1-2H3,(H3,24,25,26,27,29,30,31,32).